The number of rotatable bonds is 9. The van der Waals surface area contributed by atoms with Crippen molar-refractivity contribution in [1.29, 1.82) is 0 Å². The minimum Gasteiger partial charge on any atom is -0.489 e. The van der Waals surface area contributed by atoms with Crippen LogP contribution in [0.3, 0.4) is 0 Å². The van der Waals surface area contributed by atoms with E-state index < -0.39 is 0 Å². The fraction of sp³-hybridized carbons (Fsp3) is 0.625. The first kappa shape index (κ1) is 31.5. The molecule has 1 heterocycles. The van der Waals surface area contributed by atoms with Gasteiger partial charge in [0, 0.05) is 43.8 Å². The molecule has 9 heteroatoms. The lowest BCUT2D eigenvalue weighted by Crippen LogP contribution is -2.47. The van der Waals surface area contributed by atoms with E-state index in [2.05, 4.69) is 34.0 Å². The number of para-hydroxylation sites is 1. The van der Waals surface area contributed by atoms with Crippen LogP contribution in [0.25, 0.3) is 0 Å². The van der Waals surface area contributed by atoms with Gasteiger partial charge in [0.1, 0.15) is 11.4 Å². The minimum atomic E-state index is -0.153. The normalized spacial score (nSPS) is 24.4. The van der Waals surface area contributed by atoms with E-state index in [0.717, 1.165) is 97.7 Å². The van der Waals surface area contributed by atoms with Gasteiger partial charge in [-0.25, -0.2) is 0 Å². The molecule has 0 spiro atoms. The van der Waals surface area contributed by atoms with Crippen molar-refractivity contribution in [3.8, 4) is 5.75 Å². The topological polar surface area (TPSA) is 114 Å². The lowest BCUT2D eigenvalue weighted by molar-refractivity contribution is -0.128. The van der Waals surface area contributed by atoms with E-state index >= 15 is 0 Å². The predicted molar refractivity (Wildman–Crippen MR) is 170 cm³/mol. The van der Waals surface area contributed by atoms with Crippen LogP contribution >= 0.6 is 22.6 Å². The van der Waals surface area contributed by atoms with Crippen molar-refractivity contribution in [3.63, 3.8) is 0 Å². The summed E-state index contributed by atoms with van der Waals surface area (Å²) in [5, 5.41) is 2.94. The van der Waals surface area contributed by atoms with Gasteiger partial charge < -0.3 is 20.7 Å². The third kappa shape index (κ3) is 9.54. The molecule has 3 aliphatic rings. The van der Waals surface area contributed by atoms with Crippen molar-refractivity contribution < 1.29 is 19.1 Å². The number of amides is 2. The van der Waals surface area contributed by atoms with E-state index in [-0.39, 0.29) is 42.0 Å². The molecule has 0 aromatic heterocycles. The number of hydrogen-bond acceptors (Lipinski definition) is 6. The fourth-order valence-electron chi connectivity index (χ4n) is 6.27. The molecule has 1 saturated heterocycles. The summed E-state index contributed by atoms with van der Waals surface area (Å²) in [5.74, 6) is 1.47. The van der Waals surface area contributed by atoms with Crippen LogP contribution in [0.1, 0.15) is 90.4 Å². The molecule has 2 unspecified atom stereocenters. The number of carbonyl (C=O) groups excluding carboxylic acids is 3. The lowest BCUT2D eigenvalue weighted by Gasteiger charge is -2.33. The number of carbonyl (C=O) groups is 3. The fourth-order valence-corrected chi connectivity index (χ4v) is 6.78. The van der Waals surface area contributed by atoms with Crippen LogP contribution in [0.5, 0.6) is 5.75 Å². The first-order valence-electron chi connectivity index (χ1n) is 15.3. The van der Waals surface area contributed by atoms with Gasteiger partial charge in [-0.3, -0.25) is 19.4 Å². The number of ketones is 1. The number of hydrogen-bond donors (Lipinski definition) is 2. The highest BCUT2D eigenvalue weighted by Crippen LogP contribution is 2.31. The van der Waals surface area contributed by atoms with Crippen LogP contribution < -0.4 is 15.8 Å². The second-order valence-corrected chi connectivity index (χ2v) is 12.9. The number of aliphatic imine (C=N–C) groups is 1. The Balaban J connectivity index is 1.25. The first-order valence-corrected chi connectivity index (χ1v) is 16.4. The SMILES string of the molecule is CC(=O)NC1CCN(C(=O)C(N)=C2CCCCC2=NCC(=O)CCC2CCCC(Oc3ccccc3I)CC2)CC1. The third-order valence-electron chi connectivity index (χ3n) is 8.63. The van der Waals surface area contributed by atoms with Crippen LogP contribution in [0.4, 0.5) is 0 Å². The van der Waals surface area contributed by atoms with E-state index in [1.54, 1.807) is 4.90 Å². The molecular formula is C32H45IN4O4. The van der Waals surface area contributed by atoms with Gasteiger partial charge in [-0.05, 0) is 111 Å². The van der Waals surface area contributed by atoms with E-state index in [1.807, 2.05) is 18.2 Å². The molecule has 2 saturated carbocycles. The number of nitrogens with zero attached hydrogens (tertiary/aromatic N) is 2. The molecule has 41 heavy (non-hydrogen) atoms. The van der Waals surface area contributed by atoms with E-state index in [1.165, 1.54) is 6.92 Å². The van der Waals surface area contributed by atoms with Crippen molar-refractivity contribution in [2.45, 2.75) is 103 Å². The molecule has 2 amide bonds. The van der Waals surface area contributed by atoms with Gasteiger partial charge >= 0.3 is 0 Å². The Kier molecular flexibility index (Phi) is 12.1. The van der Waals surface area contributed by atoms with Crippen molar-refractivity contribution in [3.05, 3.63) is 39.1 Å². The quantitative estimate of drug-likeness (QED) is 0.209. The van der Waals surface area contributed by atoms with Crippen LogP contribution in [-0.2, 0) is 14.4 Å². The summed E-state index contributed by atoms with van der Waals surface area (Å²) in [6, 6.07) is 8.27. The van der Waals surface area contributed by atoms with E-state index in [9.17, 15) is 14.4 Å². The van der Waals surface area contributed by atoms with Gasteiger partial charge in [0.2, 0.25) is 5.91 Å². The largest absolute Gasteiger partial charge is 0.489 e. The van der Waals surface area contributed by atoms with Gasteiger partial charge in [-0.15, -0.1) is 0 Å². The van der Waals surface area contributed by atoms with Crippen molar-refractivity contribution in [1.82, 2.24) is 10.2 Å². The summed E-state index contributed by atoms with van der Waals surface area (Å²) in [5.41, 5.74) is 8.34. The van der Waals surface area contributed by atoms with Crippen LogP contribution in [0, 0.1) is 9.49 Å². The van der Waals surface area contributed by atoms with Crippen LogP contribution in [-0.4, -0.2) is 60.0 Å². The molecule has 1 aromatic carbocycles. The number of benzene rings is 1. The molecule has 4 rings (SSSR count). The molecule has 3 N–H and O–H groups in total. The second-order valence-electron chi connectivity index (χ2n) is 11.8. The summed E-state index contributed by atoms with van der Waals surface area (Å²) in [6.45, 7) is 2.82. The number of nitrogens with two attached hydrogens (primary N) is 1. The van der Waals surface area contributed by atoms with Gasteiger partial charge in [0.15, 0.2) is 5.78 Å². The molecule has 2 atom stereocenters. The minimum absolute atomic E-state index is 0.0415. The Hall–Kier alpha value is -2.43. The standard InChI is InChI=1S/C32H45IN4O4/c1-22(38)36-24-17-19-37(20-18-24)32(40)31(34)27-9-2-4-11-29(27)35-21-25(39)15-13-23-7-6-8-26(16-14-23)41-30-12-5-3-10-28(30)33/h3,5,10,12,23-24,26H,2,4,6-9,11,13-21,34H2,1H3,(H,36,38). The molecule has 224 valence electrons. The Labute approximate surface area is 258 Å². The zero-order chi connectivity index (χ0) is 29.2. The second kappa shape index (κ2) is 15.7. The first-order chi connectivity index (χ1) is 19.8. The molecule has 3 fully saturated rings. The summed E-state index contributed by atoms with van der Waals surface area (Å²) >= 11 is 2.32. The Morgan fingerprint density at radius 2 is 1.78 bits per heavy atom. The molecule has 1 aliphatic heterocycles. The molecular weight excluding hydrogens is 631 g/mol. The van der Waals surface area contributed by atoms with Gasteiger partial charge in [-0.1, -0.05) is 18.6 Å². The smallest absolute Gasteiger partial charge is 0.270 e. The number of piperidine rings is 1. The number of likely N-dealkylation sites (tertiary alicyclic amines) is 1. The Morgan fingerprint density at radius 1 is 1.02 bits per heavy atom. The van der Waals surface area contributed by atoms with E-state index in [4.69, 9.17) is 15.5 Å². The summed E-state index contributed by atoms with van der Waals surface area (Å²) in [4.78, 5) is 43.8. The monoisotopic (exact) mass is 676 g/mol. The van der Waals surface area contributed by atoms with Gasteiger partial charge in [0.05, 0.1) is 16.2 Å². The maximum atomic E-state index is 13.2. The average Bonchev–Trinajstić information content (AvgIpc) is 3.20. The highest BCUT2D eigenvalue weighted by molar-refractivity contribution is 14.1. The number of nitrogens with one attached hydrogen (secondary N) is 1. The van der Waals surface area contributed by atoms with E-state index in [0.29, 0.717) is 25.4 Å². The number of allylic oxidation sites excluding steroid dienone is 1. The molecule has 0 radical (unpaired) electrons. The molecule has 1 aromatic rings. The predicted octanol–water partition coefficient (Wildman–Crippen LogP) is 5.32. The van der Waals surface area contributed by atoms with Crippen LogP contribution in [0.15, 0.2) is 40.5 Å². The maximum Gasteiger partial charge on any atom is 0.270 e. The number of ether oxygens (including phenoxy) is 1. The molecule has 8 nitrogen and oxygen atoms in total. The highest BCUT2D eigenvalue weighted by atomic mass is 127. The summed E-state index contributed by atoms with van der Waals surface area (Å²) < 4.78 is 7.44. The van der Waals surface area contributed by atoms with Gasteiger partial charge in [-0.2, -0.15) is 0 Å². The maximum absolute atomic E-state index is 13.2. The number of Topliss-reactive ketones (excluding diaryl/α,β-unsaturated/α-hetero) is 1. The summed E-state index contributed by atoms with van der Waals surface area (Å²) in [6.07, 6.45) is 12.0. The number of halogens is 1. The lowest BCUT2D eigenvalue weighted by atomic mass is 9.90. The zero-order valence-corrected chi connectivity index (χ0v) is 26.5. The van der Waals surface area contributed by atoms with Gasteiger partial charge in [0.25, 0.3) is 5.91 Å². The van der Waals surface area contributed by atoms with Crippen molar-refractivity contribution >= 4 is 45.9 Å². The van der Waals surface area contributed by atoms with Crippen molar-refractivity contribution in [2.75, 3.05) is 19.6 Å². The van der Waals surface area contributed by atoms with Crippen LogP contribution in [0.2, 0.25) is 0 Å². The Morgan fingerprint density at radius 3 is 2.54 bits per heavy atom. The average molecular weight is 677 g/mol. The zero-order valence-electron chi connectivity index (χ0n) is 24.3. The van der Waals surface area contributed by atoms with Crippen molar-refractivity contribution in [2.24, 2.45) is 16.6 Å². The Bertz CT molecular complexity index is 1140. The molecule has 2 aliphatic carbocycles. The third-order valence-corrected chi connectivity index (χ3v) is 9.52. The summed E-state index contributed by atoms with van der Waals surface area (Å²) in [7, 11) is 0. The highest BCUT2D eigenvalue weighted by Gasteiger charge is 2.28. The molecule has 0 bridgehead atoms.